The summed E-state index contributed by atoms with van der Waals surface area (Å²) in [5.74, 6) is 0.685. The Labute approximate surface area is 210 Å². The number of hydrogen-bond donors (Lipinski definition) is 1. The van der Waals surface area contributed by atoms with Crippen LogP contribution in [0.2, 0.25) is 5.02 Å². The predicted octanol–water partition coefficient (Wildman–Crippen LogP) is 5.94. The van der Waals surface area contributed by atoms with Gasteiger partial charge in [0.15, 0.2) is 11.5 Å². The van der Waals surface area contributed by atoms with E-state index < -0.39 is 11.9 Å². The van der Waals surface area contributed by atoms with Crippen LogP contribution in [-0.2, 0) is 11.4 Å². The third kappa shape index (κ3) is 5.15. The summed E-state index contributed by atoms with van der Waals surface area (Å²) in [6.07, 6.45) is 1.61. The standard InChI is InChI=1S/C25H20ClIN2O4/c1-15-5-3-6-16(9-15)14-33-23-20(27)10-17(12-22(23)32-2)11-21-24(30)29(25(31)28-21)19-8-4-7-18(26)13-19/h3-13H,14H2,1-2H3,(H,28,31)/b21-11+. The van der Waals surface area contributed by atoms with Crippen molar-refractivity contribution in [2.24, 2.45) is 0 Å². The molecule has 1 N–H and O–H groups in total. The van der Waals surface area contributed by atoms with E-state index in [1.165, 1.54) is 0 Å². The van der Waals surface area contributed by atoms with Gasteiger partial charge in [-0.15, -0.1) is 0 Å². The zero-order valence-electron chi connectivity index (χ0n) is 17.9. The van der Waals surface area contributed by atoms with Gasteiger partial charge >= 0.3 is 6.03 Å². The molecule has 0 aliphatic carbocycles. The molecule has 8 heteroatoms. The van der Waals surface area contributed by atoms with Crippen LogP contribution in [0, 0.1) is 10.5 Å². The number of benzene rings is 3. The van der Waals surface area contributed by atoms with Crippen molar-refractivity contribution in [2.75, 3.05) is 12.0 Å². The Kier molecular flexibility index (Phi) is 6.90. The van der Waals surface area contributed by atoms with Crippen molar-refractivity contribution in [1.29, 1.82) is 0 Å². The molecule has 0 radical (unpaired) electrons. The second-order valence-electron chi connectivity index (χ2n) is 7.42. The number of nitrogens with zero attached hydrogens (tertiary/aromatic N) is 1. The number of carbonyl (C=O) groups is 2. The molecule has 0 aromatic heterocycles. The number of nitrogens with one attached hydrogen (secondary N) is 1. The second-order valence-corrected chi connectivity index (χ2v) is 9.02. The molecule has 33 heavy (non-hydrogen) atoms. The Morgan fingerprint density at radius 1 is 1.09 bits per heavy atom. The minimum Gasteiger partial charge on any atom is -0.493 e. The van der Waals surface area contributed by atoms with Gasteiger partial charge < -0.3 is 14.8 Å². The van der Waals surface area contributed by atoms with E-state index in [1.54, 1.807) is 43.5 Å². The van der Waals surface area contributed by atoms with Gasteiger partial charge in [-0.2, -0.15) is 0 Å². The molecule has 1 saturated heterocycles. The number of carbonyl (C=O) groups excluding carboxylic acids is 2. The summed E-state index contributed by atoms with van der Waals surface area (Å²) in [5.41, 5.74) is 3.47. The average molecular weight is 575 g/mol. The molecule has 168 valence electrons. The predicted molar refractivity (Wildman–Crippen MR) is 137 cm³/mol. The Bertz CT molecular complexity index is 1280. The highest BCUT2D eigenvalue weighted by atomic mass is 127. The van der Waals surface area contributed by atoms with E-state index in [-0.39, 0.29) is 5.70 Å². The zero-order valence-corrected chi connectivity index (χ0v) is 20.8. The van der Waals surface area contributed by atoms with E-state index in [4.69, 9.17) is 21.1 Å². The van der Waals surface area contributed by atoms with Crippen molar-refractivity contribution >= 4 is 57.9 Å². The highest BCUT2D eigenvalue weighted by Gasteiger charge is 2.35. The van der Waals surface area contributed by atoms with Crippen molar-refractivity contribution in [3.05, 3.63) is 91.6 Å². The van der Waals surface area contributed by atoms with E-state index in [0.717, 1.165) is 19.6 Å². The Morgan fingerprint density at radius 2 is 1.88 bits per heavy atom. The SMILES string of the molecule is COc1cc(/C=C2/NC(=O)N(c3cccc(Cl)c3)C2=O)cc(I)c1OCc1cccc(C)c1. The van der Waals surface area contributed by atoms with Crippen molar-refractivity contribution in [3.63, 3.8) is 0 Å². The third-order valence-electron chi connectivity index (χ3n) is 4.97. The topological polar surface area (TPSA) is 67.9 Å². The fourth-order valence-corrected chi connectivity index (χ4v) is 4.44. The van der Waals surface area contributed by atoms with E-state index in [2.05, 4.69) is 34.0 Å². The number of rotatable bonds is 6. The van der Waals surface area contributed by atoms with Gasteiger partial charge in [-0.05, 0) is 77.0 Å². The molecule has 1 aliphatic heterocycles. The van der Waals surface area contributed by atoms with Crippen LogP contribution in [-0.4, -0.2) is 19.0 Å². The van der Waals surface area contributed by atoms with Crippen LogP contribution in [0.25, 0.3) is 6.08 Å². The Morgan fingerprint density at radius 3 is 2.61 bits per heavy atom. The van der Waals surface area contributed by atoms with E-state index >= 15 is 0 Å². The highest BCUT2D eigenvalue weighted by molar-refractivity contribution is 14.1. The van der Waals surface area contributed by atoms with Gasteiger partial charge in [0.1, 0.15) is 12.3 Å². The molecular formula is C25H20ClIN2O4. The van der Waals surface area contributed by atoms with Crippen LogP contribution in [0.3, 0.4) is 0 Å². The molecule has 1 heterocycles. The summed E-state index contributed by atoms with van der Waals surface area (Å²) >= 11 is 8.18. The van der Waals surface area contributed by atoms with E-state index in [1.807, 2.05) is 31.2 Å². The monoisotopic (exact) mass is 574 g/mol. The number of amides is 3. The zero-order chi connectivity index (χ0) is 23.5. The van der Waals surface area contributed by atoms with Crippen LogP contribution in [0.1, 0.15) is 16.7 Å². The van der Waals surface area contributed by atoms with Gasteiger partial charge in [-0.3, -0.25) is 4.79 Å². The van der Waals surface area contributed by atoms with Gasteiger partial charge in [-0.1, -0.05) is 47.5 Å². The van der Waals surface area contributed by atoms with Crippen LogP contribution >= 0.6 is 34.2 Å². The molecule has 6 nitrogen and oxygen atoms in total. The number of methoxy groups -OCH3 is 1. The molecule has 3 aromatic carbocycles. The minimum atomic E-state index is -0.534. The van der Waals surface area contributed by atoms with Gasteiger partial charge in [-0.25, -0.2) is 9.69 Å². The third-order valence-corrected chi connectivity index (χ3v) is 6.01. The molecule has 0 bridgehead atoms. The Balaban J connectivity index is 1.58. The first kappa shape index (κ1) is 23.1. The largest absolute Gasteiger partial charge is 0.493 e. The van der Waals surface area contributed by atoms with Gasteiger partial charge in [0.05, 0.1) is 16.4 Å². The van der Waals surface area contributed by atoms with Crippen molar-refractivity contribution in [3.8, 4) is 11.5 Å². The summed E-state index contributed by atoms with van der Waals surface area (Å²) in [6, 6.07) is 17.8. The average Bonchev–Trinajstić information content (AvgIpc) is 3.05. The van der Waals surface area contributed by atoms with Gasteiger partial charge in [0.25, 0.3) is 5.91 Å². The van der Waals surface area contributed by atoms with E-state index in [9.17, 15) is 9.59 Å². The molecule has 0 spiro atoms. The van der Waals surface area contributed by atoms with Gasteiger partial charge in [0, 0.05) is 5.02 Å². The molecule has 4 rings (SSSR count). The number of ether oxygens (including phenoxy) is 2. The molecule has 0 saturated carbocycles. The molecule has 1 aliphatic rings. The van der Waals surface area contributed by atoms with Crippen molar-refractivity contribution in [2.45, 2.75) is 13.5 Å². The smallest absolute Gasteiger partial charge is 0.333 e. The minimum absolute atomic E-state index is 0.159. The molecule has 0 unspecified atom stereocenters. The lowest BCUT2D eigenvalue weighted by molar-refractivity contribution is -0.113. The lowest BCUT2D eigenvalue weighted by Gasteiger charge is -2.14. The maximum absolute atomic E-state index is 12.9. The van der Waals surface area contributed by atoms with Gasteiger partial charge in [0.2, 0.25) is 0 Å². The quantitative estimate of drug-likeness (QED) is 0.225. The first-order chi connectivity index (χ1) is 15.9. The lowest BCUT2D eigenvalue weighted by Crippen LogP contribution is -2.30. The Hall–Kier alpha value is -3.04. The van der Waals surface area contributed by atoms with Crippen LogP contribution in [0.4, 0.5) is 10.5 Å². The van der Waals surface area contributed by atoms with Crippen LogP contribution in [0.15, 0.2) is 66.4 Å². The maximum Gasteiger partial charge on any atom is 0.333 e. The number of aryl methyl sites for hydroxylation is 1. The number of halogens is 2. The number of anilines is 1. The summed E-state index contributed by atoms with van der Waals surface area (Å²) in [7, 11) is 1.56. The van der Waals surface area contributed by atoms with E-state index in [0.29, 0.717) is 34.4 Å². The summed E-state index contributed by atoms with van der Waals surface area (Å²) in [4.78, 5) is 26.4. The summed E-state index contributed by atoms with van der Waals surface area (Å²) < 4.78 is 12.4. The molecule has 3 aromatic rings. The number of hydrogen-bond acceptors (Lipinski definition) is 4. The maximum atomic E-state index is 12.9. The number of urea groups is 1. The molecule has 3 amide bonds. The fraction of sp³-hybridized carbons (Fsp3) is 0.120. The molecule has 0 atom stereocenters. The lowest BCUT2D eigenvalue weighted by atomic mass is 10.1. The van der Waals surface area contributed by atoms with Crippen molar-refractivity contribution in [1.82, 2.24) is 5.32 Å². The van der Waals surface area contributed by atoms with Crippen LogP contribution < -0.4 is 19.7 Å². The molecule has 1 fully saturated rings. The van der Waals surface area contributed by atoms with Crippen molar-refractivity contribution < 1.29 is 19.1 Å². The summed E-state index contributed by atoms with van der Waals surface area (Å²) in [6.45, 7) is 2.43. The normalized spacial score (nSPS) is 14.5. The fourth-order valence-electron chi connectivity index (χ4n) is 3.47. The summed E-state index contributed by atoms with van der Waals surface area (Å²) in [5, 5.41) is 3.06. The molecular weight excluding hydrogens is 555 g/mol. The highest BCUT2D eigenvalue weighted by Crippen LogP contribution is 2.35. The first-order valence-corrected chi connectivity index (χ1v) is 11.5. The number of imide groups is 1. The first-order valence-electron chi connectivity index (χ1n) is 10.0. The van der Waals surface area contributed by atoms with Crippen LogP contribution in [0.5, 0.6) is 11.5 Å². The second kappa shape index (κ2) is 9.84.